The highest BCUT2D eigenvalue weighted by Crippen LogP contribution is 2.30. The molecule has 0 saturated carbocycles. The fraction of sp³-hybridized carbons (Fsp3) is 0.733. The Hall–Kier alpha value is -0.990. The van der Waals surface area contributed by atoms with Crippen molar-refractivity contribution in [1.29, 1.82) is 0 Å². The zero-order valence-corrected chi connectivity index (χ0v) is 15.7. The lowest BCUT2D eigenvalue weighted by Gasteiger charge is -2.32. The van der Waals surface area contributed by atoms with Gasteiger partial charge in [-0.25, -0.2) is 13.4 Å². The van der Waals surface area contributed by atoms with Gasteiger partial charge in [0.25, 0.3) is 0 Å². The Labute approximate surface area is 141 Å². The quantitative estimate of drug-likeness (QED) is 0.818. The maximum absolute atomic E-state index is 12.2. The van der Waals surface area contributed by atoms with Gasteiger partial charge in [0.15, 0.2) is 0 Å². The molecule has 8 heteroatoms. The minimum atomic E-state index is -3.13. The van der Waals surface area contributed by atoms with Gasteiger partial charge in [-0.05, 0) is 0 Å². The minimum absolute atomic E-state index is 0.0194. The van der Waals surface area contributed by atoms with E-state index in [9.17, 15) is 13.2 Å². The second-order valence-corrected chi connectivity index (χ2v) is 10.0. The zero-order chi connectivity index (χ0) is 17.3. The molecule has 1 atom stereocenters. The molecule has 1 fully saturated rings. The Bertz CT molecular complexity index is 661. The van der Waals surface area contributed by atoms with Gasteiger partial charge >= 0.3 is 0 Å². The molecule has 0 radical (unpaired) electrons. The molecule has 6 nitrogen and oxygen atoms in total. The summed E-state index contributed by atoms with van der Waals surface area (Å²) in [5.41, 5.74) is 0.996. The average molecular weight is 361 g/mol. The molecule has 1 aromatic rings. The van der Waals surface area contributed by atoms with Gasteiger partial charge in [-0.15, -0.1) is 11.3 Å². The SMILES string of the molecule is CC(C)(C)c1csc(C2CN(C(=O)CCS(C)(=O)=O)CCO2)n1. The molecule has 1 aliphatic rings. The van der Waals surface area contributed by atoms with Crippen LogP contribution in [0.1, 0.15) is 44.0 Å². The van der Waals surface area contributed by atoms with Gasteiger partial charge in [0.05, 0.1) is 24.6 Å². The highest BCUT2D eigenvalue weighted by molar-refractivity contribution is 7.90. The van der Waals surface area contributed by atoms with Gasteiger partial charge in [-0.3, -0.25) is 4.79 Å². The van der Waals surface area contributed by atoms with Gasteiger partial charge in [0.2, 0.25) is 5.91 Å². The van der Waals surface area contributed by atoms with E-state index in [2.05, 4.69) is 25.8 Å². The summed E-state index contributed by atoms with van der Waals surface area (Å²) in [5, 5.41) is 2.90. The first-order valence-electron chi connectivity index (χ1n) is 7.59. The predicted molar refractivity (Wildman–Crippen MR) is 90.4 cm³/mol. The molecule has 0 aliphatic carbocycles. The first-order chi connectivity index (χ1) is 10.6. The second-order valence-electron chi connectivity index (χ2n) is 6.90. The van der Waals surface area contributed by atoms with Gasteiger partial charge in [0, 0.05) is 30.0 Å². The van der Waals surface area contributed by atoms with Gasteiger partial charge in [-0.2, -0.15) is 0 Å². The summed E-state index contributed by atoms with van der Waals surface area (Å²) in [4.78, 5) is 18.5. The molecule has 1 unspecified atom stereocenters. The maximum atomic E-state index is 12.2. The van der Waals surface area contributed by atoms with E-state index in [0.717, 1.165) is 17.0 Å². The standard InChI is InChI=1S/C15H24N2O4S2/c1-15(2,3)12-10-22-14(16-12)11-9-17(6-7-21-11)13(18)5-8-23(4,19)20/h10-11H,5-9H2,1-4H3. The molecule has 0 spiro atoms. The zero-order valence-electron chi connectivity index (χ0n) is 14.0. The van der Waals surface area contributed by atoms with Crippen LogP contribution in [0.2, 0.25) is 0 Å². The third kappa shape index (κ3) is 5.26. The monoisotopic (exact) mass is 360 g/mol. The summed E-state index contributed by atoms with van der Waals surface area (Å²) in [6.45, 7) is 7.69. The van der Waals surface area contributed by atoms with Gasteiger partial charge < -0.3 is 9.64 Å². The number of carbonyl (C=O) groups excluding carboxylic acids is 1. The Morgan fingerprint density at radius 3 is 2.74 bits per heavy atom. The van der Waals surface area contributed by atoms with Crippen LogP contribution in [0.5, 0.6) is 0 Å². The van der Waals surface area contributed by atoms with Crippen molar-refractivity contribution in [2.45, 2.75) is 38.7 Å². The number of rotatable bonds is 4. The molecular weight excluding hydrogens is 336 g/mol. The van der Waals surface area contributed by atoms with Crippen LogP contribution in [0.3, 0.4) is 0 Å². The van der Waals surface area contributed by atoms with Crippen LogP contribution >= 0.6 is 11.3 Å². The Morgan fingerprint density at radius 2 is 2.17 bits per heavy atom. The van der Waals surface area contributed by atoms with Crippen LogP contribution in [-0.4, -0.2) is 55.9 Å². The van der Waals surface area contributed by atoms with Crippen molar-refractivity contribution in [2.75, 3.05) is 31.7 Å². The van der Waals surface area contributed by atoms with Crippen molar-refractivity contribution in [3.8, 4) is 0 Å². The number of hydrogen-bond donors (Lipinski definition) is 0. The highest BCUT2D eigenvalue weighted by atomic mass is 32.2. The van der Waals surface area contributed by atoms with E-state index in [-0.39, 0.29) is 29.6 Å². The summed E-state index contributed by atoms with van der Waals surface area (Å²) in [6.07, 6.45) is 0.940. The van der Waals surface area contributed by atoms with Crippen LogP contribution in [0, 0.1) is 0 Å². The van der Waals surface area contributed by atoms with Gasteiger partial charge in [-0.1, -0.05) is 20.8 Å². The third-order valence-corrected chi connectivity index (χ3v) is 5.55. The highest BCUT2D eigenvalue weighted by Gasteiger charge is 2.29. The third-order valence-electron chi connectivity index (χ3n) is 3.67. The number of hydrogen-bond acceptors (Lipinski definition) is 6. The number of nitrogens with zero attached hydrogens (tertiary/aromatic N) is 2. The number of carbonyl (C=O) groups is 1. The molecule has 0 aromatic carbocycles. The van der Waals surface area contributed by atoms with Crippen LogP contribution < -0.4 is 0 Å². The molecule has 2 rings (SSSR count). The summed E-state index contributed by atoms with van der Waals surface area (Å²) >= 11 is 1.54. The summed E-state index contributed by atoms with van der Waals surface area (Å²) in [6, 6.07) is 0. The van der Waals surface area contributed by atoms with Crippen LogP contribution in [0.4, 0.5) is 0 Å². The number of ether oxygens (including phenoxy) is 1. The Kier molecular flexibility index (Phi) is 5.48. The van der Waals surface area contributed by atoms with E-state index >= 15 is 0 Å². The topological polar surface area (TPSA) is 76.6 Å². The van der Waals surface area contributed by atoms with Crippen molar-refractivity contribution < 1.29 is 17.9 Å². The van der Waals surface area contributed by atoms with Gasteiger partial charge in [0.1, 0.15) is 20.9 Å². The molecule has 1 amide bonds. The Balaban J connectivity index is 2.00. The smallest absolute Gasteiger partial charge is 0.223 e. The first kappa shape index (κ1) is 18.4. The van der Waals surface area contributed by atoms with Crippen molar-refractivity contribution >= 4 is 27.1 Å². The fourth-order valence-corrected chi connectivity index (χ4v) is 3.87. The minimum Gasteiger partial charge on any atom is -0.367 e. The van der Waals surface area contributed by atoms with E-state index in [0.29, 0.717) is 19.7 Å². The fourth-order valence-electron chi connectivity index (χ4n) is 2.24. The molecule has 1 aliphatic heterocycles. The first-order valence-corrected chi connectivity index (χ1v) is 10.5. The summed E-state index contributed by atoms with van der Waals surface area (Å²) in [7, 11) is -3.13. The van der Waals surface area contributed by atoms with E-state index < -0.39 is 9.84 Å². The van der Waals surface area contributed by atoms with Crippen molar-refractivity contribution in [3.05, 3.63) is 16.1 Å². The number of sulfone groups is 1. The number of thiazole rings is 1. The molecule has 1 aromatic heterocycles. The van der Waals surface area contributed by atoms with Crippen molar-refractivity contribution in [2.24, 2.45) is 0 Å². The van der Waals surface area contributed by atoms with Crippen molar-refractivity contribution in [3.63, 3.8) is 0 Å². The molecule has 0 bridgehead atoms. The van der Waals surface area contributed by atoms with E-state index in [1.807, 2.05) is 5.38 Å². The summed E-state index contributed by atoms with van der Waals surface area (Å²) < 4.78 is 28.1. The number of amides is 1. The molecular formula is C15H24N2O4S2. The number of aromatic nitrogens is 1. The Morgan fingerprint density at radius 1 is 1.48 bits per heavy atom. The largest absolute Gasteiger partial charge is 0.367 e. The molecule has 0 N–H and O–H groups in total. The normalized spacial score (nSPS) is 19.8. The lowest BCUT2D eigenvalue weighted by atomic mass is 9.93. The molecule has 2 heterocycles. The lowest BCUT2D eigenvalue weighted by molar-refractivity contribution is -0.138. The lowest BCUT2D eigenvalue weighted by Crippen LogP contribution is -2.42. The van der Waals surface area contributed by atoms with E-state index in [4.69, 9.17) is 4.74 Å². The van der Waals surface area contributed by atoms with E-state index in [1.54, 1.807) is 16.2 Å². The van der Waals surface area contributed by atoms with Crippen molar-refractivity contribution in [1.82, 2.24) is 9.88 Å². The summed E-state index contributed by atoms with van der Waals surface area (Å²) in [5.74, 6) is -0.254. The number of morpholine rings is 1. The second kappa shape index (κ2) is 6.86. The van der Waals surface area contributed by atoms with Crippen LogP contribution in [0.25, 0.3) is 0 Å². The average Bonchev–Trinajstić information content (AvgIpc) is 2.94. The molecule has 130 valence electrons. The maximum Gasteiger partial charge on any atom is 0.223 e. The molecule has 23 heavy (non-hydrogen) atoms. The van der Waals surface area contributed by atoms with Crippen LogP contribution in [0.15, 0.2) is 5.38 Å². The predicted octanol–water partition coefficient (Wildman–Crippen LogP) is 1.78. The molecule has 1 saturated heterocycles. The van der Waals surface area contributed by atoms with E-state index in [1.165, 1.54) is 0 Å². The van der Waals surface area contributed by atoms with Crippen LogP contribution in [-0.2, 0) is 24.8 Å².